The Morgan fingerprint density at radius 2 is 2.14 bits per heavy atom. The van der Waals surface area contributed by atoms with Crippen molar-refractivity contribution in [1.82, 2.24) is 10.0 Å². The maximum Gasteiger partial charge on any atom is 0.416 e. The molecule has 0 fully saturated rings. The molecule has 0 aliphatic carbocycles. The standard InChI is InChI=1S/C13H13F3N2O2S/c1-18(20-2)12(19)6-5-11-17-9-7-8(13(14,15)16)3-4-10(9)21-11/h3-4,7H,5-6H2,1-2H3. The molecule has 0 bridgehead atoms. The van der Waals surface area contributed by atoms with Crippen LogP contribution in [-0.2, 0) is 22.2 Å². The van der Waals surface area contributed by atoms with Crippen LogP contribution >= 0.6 is 11.3 Å². The number of amides is 1. The van der Waals surface area contributed by atoms with Crippen molar-refractivity contribution in [2.24, 2.45) is 0 Å². The Bertz CT molecular complexity index is 654. The predicted molar refractivity (Wildman–Crippen MR) is 72.7 cm³/mol. The van der Waals surface area contributed by atoms with Crippen molar-refractivity contribution in [1.29, 1.82) is 0 Å². The summed E-state index contributed by atoms with van der Waals surface area (Å²) in [7, 11) is 2.88. The van der Waals surface area contributed by atoms with Crippen molar-refractivity contribution >= 4 is 27.5 Å². The number of nitrogens with zero attached hydrogens (tertiary/aromatic N) is 2. The van der Waals surface area contributed by atoms with E-state index in [0.717, 1.165) is 17.2 Å². The molecular weight excluding hydrogens is 305 g/mol. The van der Waals surface area contributed by atoms with Gasteiger partial charge in [-0.1, -0.05) is 0 Å². The first kappa shape index (κ1) is 15.7. The lowest BCUT2D eigenvalue weighted by Crippen LogP contribution is -2.25. The molecule has 8 heteroatoms. The summed E-state index contributed by atoms with van der Waals surface area (Å²) in [5, 5.41) is 1.73. The SMILES string of the molecule is CON(C)C(=O)CCc1nc2cc(C(F)(F)F)ccc2s1. The van der Waals surface area contributed by atoms with E-state index in [2.05, 4.69) is 4.98 Å². The number of benzene rings is 1. The third-order valence-electron chi connectivity index (χ3n) is 2.94. The van der Waals surface area contributed by atoms with Crippen LogP contribution < -0.4 is 0 Å². The van der Waals surface area contributed by atoms with Crippen molar-refractivity contribution in [3.05, 3.63) is 28.8 Å². The first-order chi connectivity index (χ1) is 9.81. The number of aromatic nitrogens is 1. The predicted octanol–water partition coefficient (Wildman–Crippen LogP) is 3.27. The van der Waals surface area contributed by atoms with Crippen LogP contribution in [0.5, 0.6) is 0 Å². The van der Waals surface area contributed by atoms with Gasteiger partial charge in [0.25, 0.3) is 0 Å². The van der Waals surface area contributed by atoms with Crippen molar-refractivity contribution in [3.8, 4) is 0 Å². The first-order valence-corrected chi connectivity index (χ1v) is 6.90. The molecule has 0 aliphatic rings. The average molecular weight is 318 g/mol. The molecular formula is C13H13F3N2O2S. The number of carbonyl (C=O) groups excluding carboxylic acids is 1. The zero-order chi connectivity index (χ0) is 15.6. The molecule has 1 amide bonds. The van der Waals surface area contributed by atoms with Crippen LogP contribution in [0, 0.1) is 0 Å². The van der Waals surface area contributed by atoms with E-state index in [1.165, 1.54) is 31.6 Å². The van der Waals surface area contributed by atoms with Crippen LogP contribution in [-0.4, -0.2) is 30.1 Å². The van der Waals surface area contributed by atoms with E-state index in [1.807, 2.05) is 0 Å². The number of aryl methyl sites for hydroxylation is 1. The molecule has 1 heterocycles. The van der Waals surface area contributed by atoms with Gasteiger partial charge in [-0.3, -0.25) is 9.63 Å². The Hall–Kier alpha value is -1.67. The van der Waals surface area contributed by atoms with E-state index in [4.69, 9.17) is 4.84 Å². The Kier molecular flexibility index (Phi) is 4.48. The zero-order valence-electron chi connectivity index (χ0n) is 11.4. The van der Waals surface area contributed by atoms with Gasteiger partial charge in [-0.25, -0.2) is 10.0 Å². The van der Waals surface area contributed by atoms with Crippen LogP contribution in [0.15, 0.2) is 18.2 Å². The number of hydrogen-bond acceptors (Lipinski definition) is 4. The molecule has 114 valence electrons. The van der Waals surface area contributed by atoms with Gasteiger partial charge < -0.3 is 0 Å². The third-order valence-corrected chi connectivity index (χ3v) is 4.03. The summed E-state index contributed by atoms with van der Waals surface area (Å²) < 4.78 is 38.5. The number of fused-ring (bicyclic) bond motifs is 1. The summed E-state index contributed by atoms with van der Waals surface area (Å²) in [5.41, 5.74) is -0.417. The smallest absolute Gasteiger partial charge is 0.275 e. The number of halogens is 3. The highest BCUT2D eigenvalue weighted by Gasteiger charge is 2.30. The lowest BCUT2D eigenvalue weighted by atomic mass is 10.2. The minimum atomic E-state index is -4.38. The van der Waals surface area contributed by atoms with Crippen LogP contribution in [0.3, 0.4) is 0 Å². The summed E-state index contributed by atoms with van der Waals surface area (Å²) >= 11 is 1.29. The van der Waals surface area contributed by atoms with Crippen LogP contribution in [0.2, 0.25) is 0 Å². The van der Waals surface area contributed by atoms with Gasteiger partial charge in [0, 0.05) is 19.9 Å². The normalized spacial score (nSPS) is 11.9. The van der Waals surface area contributed by atoms with Gasteiger partial charge >= 0.3 is 6.18 Å². The van der Waals surface area contributed by atoms with Crippen molar-refractivity contribution in [2.45, 2.75) is 19.0 Å². The van der Waals surface area contributed by atoms with E-state index < -0.39 is 11.7 Å². The van der Waals surface area contributed by atoms with Gasteiger partial charge in [-0.2, -0.15) is 13.2 Å². The topological polar surface area (TPSA) is 42.4 Å². The highest BCUT2D eigenvalue weighted by Crippen LogP contribution is 2.33. The quantitative estimate of drug-likeness (QED) is 0.813. The Morgan fingerprint density at radius 1 is 1.43 bits per heavy atom. The average Bonchev–Trinajstić information content (AvgIpc) is 2.84. The van der Waals surface area contributed by atoms with Gasteiger partial charge in [0.2, 0.25) is 5.91 Å². The molecule has 0 spiro atoms. The highest BCUT2D eigenvalue weighted by molar-refractivity contribution is 7.18. The Balaban J connectivity index is 2.14. The molecule has 0 unspecified atom stereocenters. The largest absolute Gasteiger partial charge is 0.416 e. The fraction of sp³-hybridized carbons (Fsp3) is 0.385. The fourth-order valence-corrected chi connectivity index (χ4v) is 2.68. The van der Waals surface area contributed by atoms with E-state index in [-0.39, 0.29) is 12.3 Å². The second kappa shape index (κ2) is 5.98. The Labute approximate surface area is 123 Å². The van der Waals surface area contributed by atoms with Crippen molar-refractivity contribution < 1.29 is 22.8 Å². The monoisotopic (exact) mass is 318 g/mol. The van der Waals surface area contributed by atoms with Gasteiger partial charge in [-0.05, 0) is 18.2 Å². The number of hydroxylamine groups is 2. The summed E-state index contributed by atoms with van der Waals surface area (Å²) in [6, 6.07) is 3.47. The lowest BCUT2D eigenvalue weighted by Gasteiger charge is -2.12. The fourth-order valence-electron chi connectivity index (χ4n) is 1.73. The molecule has 2 rings (SSSR count). The highest BCUT2D eigenvalue weighted by atomic mass is 32.1. The second-order valence-electron chi connectivity index (χ2n) is 4.36. The van der Waals surface area contributed by atoms with Gasteiger partial charge in [-0.15, -0.1) is 11.3 Å². The minimum Gasteiger partial charge on any atom is -0.275 e. The van der Waals surface area contributed by atoms with Gasteiger partial charge in [0.05, 0.1) is 27.9 Å². The van der Waals surface area contributed by atoms with Crippen molar-refractivity contribution in [2.75, 3.05) is 14.2 Å². The summed E-state index contributed by atoms with van der Waals surface area (Å²) in [5.74, 6) is -0.215. The molecule has 0 N–H and O–H groups in total. The van der Waals surface area contributed by atoms with Crippen LogP contribution in [0.25, 0.3) is 10.2 Å². The lowest BCUT2D eigenvalue weighted by molar-refractivity contribution is -0.168. The molecule has 0 aliphatic heterocycles. The number of alkyl halides is 3. The number of hydrogen-bond donors (Lipinski definition) is 0. The van der Waals surface area contributed by atoms with Crippen LogP contribution in [0.4, 0.5) is 13.2 Å². The Morgan fingerprint density at radius 3 is 2.76 bits per heavy atom. The summed E-state index contributed by atoms with van der Waals surface area (Å²) in [6.07, 6.45) is -3.82. The van der Waals surface area contributed by atoms with E-state index >= 15 is 0 Å². The van der Waals surface area contributed by atoms with Gasteiger partial charge in [0.1, 0.15) is 0 Å². The number of thiazole rings is 1. The molecule has 4 nitrogen and oxygen atoms in total. The maximum absolute atomic E-state index is 12.6. The summed E-state index contributed by atoms with van der Waals surface area (Å²) in [4.78, 5) is 20.5. The second-order valence-corrected chi connectivity index (χ2v) is 5.48. The number of rotatable bonds is 4. The van der Waals surface area contributed by atoms with Crippen molar-refractivity contribution in [3.63, 3.8) is 0 Å². The van der Waals surface area contributed by atoms with E-state index in [1.54, 1.807) is 0 Å². The molecule has 21 heavy (non-hydrogen) atoms. The zero-order valence-corrected chi connectivity index (χ0v) is 12.2. The molecule has 0 atom stereocenters. The van der Waals surface area contributed by atoms with Gasteiger partial charge in [0.15, 0.2) is 0 Å². The van der Waals surface area contributed by atoms with E-state index in [9.17, 15) is 18.0 Å². The van der Waals surface area contributed by atoms with E-state index in [0.29, 0.717) is 21.6 Å². The molecule has 2 aromatic rings. The molecule has 0 saturated heterocycles. The first-order valence-electron chi connectivity index (χ1n) is 6.08. The molecule has 0 radical (unpaired) electrons. The minimum absolute atomic E-state index is 0.191. The maximum atomic E-state index is 12.6. The third kappa shape index (κ3) is 3.70. The molecule has 0 saturated carbocycles. The van der Waals surface area contributed by atoms with Crippen LogP contribution in [0.1, 0.15) is 17.0 Å². The summed E-state index contributed by atoms with van der Waals surface area (Å²) in [6.45, 7) is 0. The number of carbonyl (C=O) groups is 1. The molecule has 1 aromatic heterocycles. The molecule has 1 aromatic carbocycles.